The Balaban J connectivity index is 1.52. The number of ether oxygens (including phenoxy) is 1. The van der Waals surface area contributed by atoms with Gasteiger partial charge in [0.25, 0.3) is 5.91 Å². The summed E-state index contributed by atoms with van der Waals surface area (Å²) in [6.45, 7) is 1.85. The van der Waals surface area contributed by atoms with Crippen molar-refractivity contribution in [1.82, 2.24) is 24.8 Å². The maximum absolute atomic E-state index is 13.3. The molecule has 2 aromatic heterocycles. The van der Waals surface area contributed by atoms with Gasteiger partial charge in [0.1, 0.15) is 6.04 Å². The Morgan fingerprint density at radius 3 is 3.07 bits per heavy atom. The van der Waals surface area contributed by atoms with Crippen LogP contribution in [0.2, 0.25) is 0 Å². The highest BCUT2D eigenvalue weighted by molar-refractivity contribution is 5.94. The van der Waals surface area contributed by atoms with Crippen molar-refractivity contribution in [3.05, 3.63) is 65.6 Å². The largest absolute Gasteiger partial charge is 0.384 e. The quantitative estimate of drug-likeness (QED) is 0.611. The van der Waals surface area contributed by atoms with Crippen molar-refractivity contribution in [2.45, 2.75) is 38.3 Å². The molecule has 0 spiro atoms. The molecule has 8 nitrogen and oxygen atoms in total. The minimum absolute atomic E-state index is 0.00587. The summed E-state index contributed by atoms with van der Waals surface area (Å²) in [5.74, 6) is 1.12. The van der Waals surface area contributed by atoms with Crippen LogP contribution < -0.4 is 0 Å². The number of nitrogens with zero attached hydrogens (tertiary/aromatic N) is 5. The smallest absolute Gasteiger partial charge is 0.254 e. The summed E-state index contributed by atoms with van der Waals surface area (Å²) in [7, 11) is 1.64. The zero-order valence-corrected chi connectivity index (χ0v) is 16.5. The monoisotopic (exact) mass is 395 g/mol. The topological polar surface area (TPSA) is 86.3 Å². The molecule has 0 saturated carbocycles. The van der Waals surface area contributed by atoms with Crippen molar-refractivity contribution < 1.29 is 14.1 Å². The van der Waals surface area contributed by atoms with E-state index in [1.54, 1.807) is 13.3 Å². The molecule has 1 atom stereocenters. The number of likely N-dealkylation sites (tertiary alicyclic amines) is 1. The molecule has 29 heavy (non-hydrogen) atoms. The standard InChI is InChI=1S/C21H25N5O3/c1-28-13-9-19-23-20(29-24-19)18-8-2-3-12-26(18)21(27)17-7-4-6-16(14-17)15-25-11-5-10-22-25/h4-7,10-11,14,18H,2-3,8-9,12-13,15H2,1H3. The minimum Gasteiger partial charge on any atom is -0.384 e. The maximum atomic E-state index is 13.3. The van der Waals surface area contributed by atoms with Crippen LogP contribution >= 0.6 is 0 Å². The van der Waals surface area contributed by atoms with Gasteiger partial charge < -0.3 is 14.2 Å². The van der Waals surface area contributed by atoms with Crippen LogP contribution in [-0.4, -0.2) is 51.0 Å². The van der Waals surface area contributed by atoms with Gasteiger partial charge in [-0.2, -0.15) is 10.1 Å². The Morgan fingerprint density at radius 1 is 1.31 bits per heavy atom. The third-order valence-corrected chi connectivity index (χ3v) is 5.14. The first-order valence-corrected chi connectivity index (χ1v) is 9.93. The highest BCUT2D eigenvalue weighted by Crippen LogP contribution is 2.31. The first-order chi connectivity index (χ1) is 14.2. The van der Waals surface area contributed by atoms with E-state index in [-0.39, 0.29) is 11.9 Å². The summed E-state index contributed by atoms with van der Waals surface area (Å²) < 4.78 is 12.4. The van der Waals surface area contributed by atoms with Crippen LogP contribution in [0.4, 0.5) is 0 Å². The van der Waals surface area contributed by atoms with E-state index in [2.05, 4.69) is 15.2 Å². The summed E-state index contributed by atoms with van der Waals surface area (Å²) in [5.41, 5.74) is 1.70. The fourth-order valence-corrected chi connectivity index (χ4v) is 3.68. The molecule has 152 valence electrons. The van der Waals surface area contributed by atoms with Gasteiger partial charge in [-0.1, -0.05) is 17.3 Å². The molecular weight excluding hydrogens is 370 g/mol. The van der Waals surface area contributed by atoms with Crippen molar-refractivity contribution in [1.29, 1.82) is 0 Å². The number of aromatic nitrogens is 4. The molecule has 1 unspecified atom stereocenters. The van der Waals surface area contributed by atoms with Crippen LogP contribution in [-0.2, 0) is 17.7 Å². The Labute approximate surface area is 169 Å². The van der Waals surface area contributed by atoms with Gasteiger partial charge in [0.05, 0.1) is 13.2 Å². The number of hydrogen-bond donors (Lipinski definition) is 0. The molecule has 8 heteroatoms. The molecule has 0 aliphatic carbocycles. The van der Waals surface area contributed by atoms with E-state index in [1.165, 1.54) is 0 Å². The number of carbonyl (C=O) groups is 1. The number of hydrogen-bond acceptors (Lipinski definition) is 6. The van der Waals surface area contributed by atoms with E-state index in [0.29, 0.717) is 43.4 Å². The highest BCUT2D eigenvalue weighted by Gasteiger charge is 2.32. The van der Waals surface area contributed by atoms with E-state index >= 15 is 0 Å². The molecule has 0 N–H and O–H groups in total. The van der Waals surface area contributed by atoms with Crippen molar-refractivity contribution >= 4 is 5.91 Å². The Hall–Kier alpha value is -3.00. The van der Waals surface area contributed by atoms with Crippen LogP contribution in [0.15, 0.2) is 47.2 Å². The van der Waals surface area contributed by atoms with E-state index in [4.69, 9.17) is 9.26 Å². The van der Waals surface area contributed by atoms with Crippen LogP contribution in [0.5, 0.6) is 0 Å². The van der Waals surface area contributed by atoms with Gasteiger partial charge in [0, 0.05) is 38.0 Å². The molecule has 0 bridgehead atoms. The van der Waals surface area contributed by atoms with Gasteiger partial charge in [-0.3, -0.25) is 9.48 Å². The fraction of sp³-hybridized carbons (Fsp3) is 0.429. The second-order valence-corrected chi connectivity index (χ2v) is 7.21. The Kier molecular flexibility index (Phi) is 6.00. The van der Waals surface area contributed by atoms with Gasteiger partial charge in [0.2, 0.25) is 5.89 Å². The van der Waals surface area contributed by atoms with Crippen molar-refractivity contribution in [3.8, 4) is 0 Å². The van der Waals surface area contributed by atoms with Crippen molar-refractivity contribution in [3.63, 3.8) is 0 Å². The molecule has 4 rings (SSSR count). The third kappa shape index (κ3) is 4.54. The summed E-state index contributed by atoms with van der Waals surface area (Å²) in [6, 6.07) is 9.42. The molecule has 1 fully saturated rings. The summed E-state index contributed by atoms with van der Waals surface area (Å²) in [6.07, 6.45) is 7.08. The lowest BCUT2D eigenvalue weighted by Gasteiger charge is -2.33. The SMILES string of the molecule is COCCc1noc(C2CCCCN2C(=O)c2cccc(Cn3cccn3)c2)n1. The minimum atomic E-state index is -0.185. The first kappa shape index (κ1) is 19.3. The highest BCUT2D eigenvalue weighted by atomic mass is 16.5. The van der Waals surface area contributed by atoms with Gasteiger partial charge in [-0.15, -0.1) is 0 Å². The van der Waals surface area contributed by atoms with Crippen LogP contribution in [0.3, 0.4) is 0 Å². The molecule has 3 aromatic rings. The second kappa shape index (κ2) is 9.00. The van der Waals surface area contributed by atoms with E-state index < -0.39 is 0 Å². The molecule has 0 radical (unpaired) electrons. The maximum Gasteiger partial charge on any atom is 0.254 e. The van der Waals surface area contributed by atoms with Gasteiger partial charge in [0.15, 0.2) is 5.82 Å². The molecule has 1 aliphatic rings. The average molecular weight is 395 g/mol. The van der Waals surface area contributed by atoms with Crippen LogP contribution in [0.1, 0.15) is 52.9 Å². The van der Waals surface area contributed by atoms with Crippen LogP contribution in [0, 0.1) is 0 Å². The second-order valence-electron chi connectivity index (χ2n) is 7.21. The molecule has 1 amide bonds. The van der Waals surface area contributed by atoms with Gasteiger partial charge >= 0.3 is 0 Å². The van der Waals surface area contributed by atoms with Crippen molar-refractivity contribution in [2.24, 2.45) is 0 Å². The Bertz CT molecular complexity index is 937. The molecule has 1 aliphatic heterocycles. The fourth-order valence-electron chi connectivity index (χ4n) is 3.68. The third-order valence-electron chi connectivity index (χ3n) is 5.14. The van der Waals surface area contributed by atoms with Gasteiger partial charge in [-0.05, 0) is 43.0 Å². The van der Waals surface area contributed by atoms with Crippen molar-refractivity contribution in [2.75, 3.05) is 20.3 Å². The lowest BCUT2D eigenvalue weighted by Crippen LogP contribution is -2.38. The molecule has 1 saturated heterocycles. The number of amides is 1. The normalized spacial score (nSPS) is 16.9. The first-order valence-electron chi connectivity index (χ1n) is 9.93. The van der Waals surface area contributed by atoms with E-state index in [1.807, 2.05) is 46.1 Å². The zero-order chi connectivity index (χ0) is 20.1. The predicted molar refractivity (Wildman–Crippen MR) is 105 cm³/mol. The number of carbonyl (C=O) groups excluding carboxylic acids is 1. The summed E-state index contributed by atoms with van der Waals surface area (Å²) in [4.78, 5) is 19.7. The summed E-state index contributed by atoms with van der Waals surface area (Å²) >= 11 is 0. The van der Waals surface area contributed by atoms with Gasteiger partial charge in [-0.25, -0.2) is 0 Å². The lowest BCUT2D eigenvalue weighted by atomic mass is 10.00. The molecular formula is C21H25N5O3. The van der Waals surface area contributed by atoms with E-state index in [9.17, 15) is 4.79 Å². The van der Waals surface area contributed by atoms with E-state index in [0.717, 1.165) is 24.8 Å². The number of benzene rings is 1. The number of piperidine rings is 1. The zero-order valence-electron chi connectivity index (χ0n) is 16.5. The Morgan fingerprint density at radius 2 is 2.24 bits per heavy atom. The number of rotatable bonds is 7. The molecule has 1 aromatic carbocycles. The predicted octanol–water partition coefficient (Wildman–Crippen LogP) is 2.87. The molecule has 3 heterocycles. The number of methoxy groups -OCH3 is 1. The summed E-state index contributed by atoms with van der Waals surface area (Å²) in [5, 5.41) is 8.27. The lowest BCUT2D eigenvalue weighted by molar-refractivity contribution is 0.0561. The average Bonchev–Trinajstić information content (AvgIpc) is 3.44. The van der Waals surface area contributed by atoms with Crippen LogP contribution in [0.25, 0.3) is 0 Å².